The summed E-state index contributed by atoms with van der Waals surface area (Å²) in [6.45, 7) is 3.84. The molecule has 1 heterocycles. The molecule has 3 rings (SSSR count). The number of amides is 2. The van der Waals surface area contributed by atoms with Gasteiger partial charge in [0, 0.05) is 6.54 Å². The maximum absolute atomic E-state index is 13.0. The van der Waals surface area contributed by atoms with Gasteiger partial charge in [0.1, 0.15) is 11.3 Å². The molecule has 2 amide bonds. The summed E-state index contributed by atoms with van der Waals surface area (Å²) in [4.78, 5) is 28.5. The Bertz CT molecular complexity index is 922. The smallest absolute Gasteiger partial charge is 0.270 e. The van der Waals surface area contributed by atoms with Gasteiger partial charge >= 0.3 is 0 Å². The number of phenolic OH excluding ortho intramolecular Hbond substituents is 1. The van der Waals surface area contributed by atoms with E-state index in [0.29, 0.717) is 11.3 Å². The van der Waals surface area contributed by atoms with Gasteiger partial charge in [-0.1, -0.05) is 36.4 Å². The summed E-state index contributed by atoms with van der Waals surface area (Å²) in [5.41, 5.74) is 1.09. The lowest BCUT2D eigenvalue weighted by Gasteiger charge is -2.36. The van der Waals surface area contributed by atoms with Crippen molar-refractivity contribution in [1.29, 1.82) is 0 Å². The summed E-state index contributed by atoms with van der Waals surface area (Å²) >= 11 is 5.38. The quantitative estimate of drug-likeness (QED) is 0.392. The SMILES string of the molecule is C=CCN1C(=O)C(=Cc2cccc(O)c2)C(=O)N(c2ccccc2)C1=S. The van der Waals surface area contributed by atoms with E-state index in [1.807, 2.05) is 6.07 Å². The van der Waals surface area contributed by atoms with Crippen LogP contribution in [0.2, 0.25) is 0 Å². The molecule has 1 aliphatic heterocycles. The van der Waals surface area contributed by atoms with E-state index >= 15 is 0 Å². The van der Waals surface area contributed by atoms with Crippen molar-refractivity contribution < 1.29 is 14.7 Å². The van der Waals surface area contributed by atoms with Crippen LogP contribution in [0.3, 0.4) is 0 Å². The second kappa shape index (κ2) is 7.33. The fourth-order valence-electron chi connectivity index (χ4n) is 2.65. The van der Waals surface area contributed by atoms with E-state index in [9.17, 15) is 14.7 Å². The Balaban J connectivity index is 2.11. The fraction of sp³-hybridized carbons (Fsp3) is 0.0500. The molecule has 1 saturated heterocycles. The van der Waals surface area contributed by atoms with Gasteiger partial charge in [-0.15, -0.1) is 6.58 Å². The molecule has 0 atom stereocenters. The van der Waals surface area contributed by atoms with Crippen LogP contribution in [-0.4, -0.2) is 33.5 Å². The average molecular weight is 364 g/mol. The van der Waals surface area contributed by atoms with E-state index in [2.05, 4.69) is 6.58 Å². The molecule has 0 aliphatic carbocycles. The Morgan fingerprint density at radius 3 is 2.42 bits per heavy atom. The molecule has 2 aromatic carbocycles. The molecule has 1 N–H and O–H groups in total. The van der Waals surface area contributed by atoms with E-state index in [4.69, 9.17) is 12.2 Å². The van der Waals surface area contributed by atoms with Gasteiger partial charge in [0.15, 0.2) is 5.11 Å². The summed E-state index contributed by atoms with van der Waals surface area (Å²) in [5, 5.41) is 9.74. The molecule has 26 heavy (non-hydrogen) atoms. The monoisotopic (exact) mass is 364 g/mol. The maximum Gasteiger partial charge on any atom is 0.270 e. The molecule has 130 valence electrons. The minimum atomic E-state index is -0.505. The number of thiocarbonyl (C=S) groups is 1. The van der Waals surface area contributed by atoms with Crippen molar-refractivity contribution in [2.45, 2.75) is 0 Å². The molecule has 5 nitrogen and oxygen atoms in total. The van der Waals surface area contributed by atoms with Gasteiger partial charge in [-0.3, -0.25) is 19.4 Å². The van der Waals surface area contributed by atoms with Crippen LogP contribution in [0.4, 0.5) is 5.69 Å². The molecule has 0 unspecified atom stereocenters. The number of hydrogen-bond acceptors (Lipinski definition) is 4. The molecule has 2 aromatic rings. The van der Waals surface area contributed by atoms with Gasteiger partial charge in [0.05, 0.1) is 5.69 Å². The number of aromatic hydroxyl groups is 1. The Hall–Kier alpha value is -3.25. The van der Waals surface area contributed by atoms with Crippen molar-refractivity contribution in [3.8, 4) is 5.75 Å². The zero-order valence-electron chi connectivity index (χ0n) is 13.8. The minimum absolute atomic E-state index is 0.0325. The summed E-state index contributed by atoms with van der Waals surface area (Å²) in [6, 6.07) is 15.2. The Labute approximate surface area is 156 Å². The first-order valence-electron chi connectivity index (χ1n) is 7.90. The molecular formula is C20H16N2O3S. The second-order valence-electron chi connectivity index (χ2n) is 5.62. The van der Waals surface area contributed by atoms with Crippen molar-refractivity contribution in [1.82, 2.24) is 4.90 Å². The van der Waals surface area contributed by atoms with E-state index < -0.39 is 11.8 Å². The number of nitrogens with zero attached hydrogens (tertiary/aromatic N) is 2. The normalized spacial score (nSPS) is 16.3. The minimum Gasteiger partial charge on any atom is -0.508 e. The van der Waals surface area contributed by atoms with Gasteiger partial charge < -0.3 is 5.11 Å². The third-order valence-corrected chi connectivity index (χ3v) is 4.24. The zero-order chi connectivity index (χ0) is 18.7. The van der Waals surface area contributed by atoms with Crippen LogP contribution in [0.25, 0.3) is 6.08 Å². The van der Waals surface area contributed by atoms with E-state index in [0.717, 1.165) is 0 Å². The molecule has 0 spiro atoms. The lowest BCUT2D eigenvalue weighted by molar-refractivity contribution is -0.127. The summed E-state index contributed by atoms with van der Waals surface area (Å²) in [6.07, 6.45) is 3.01. The Morgan fingerprint density at radius 2 is 1.77 bits per heavy atom. The zero-order valence-corrected chi connectivity index (χ0v) is 14.6. The molecule has 1 aliphatic rings. The topological polar surface area (TPSA) is 60.9 Å². The maximum atomic E-state index is 13.0. The Kier molecular flexibility index (Phi) is 4.95. The predicted molar refractivity (Wildman–Crippen MR) is 105 cm³/mol. The van der Waals surface area contributed by atoms with Gasteiger partial charge in [-0.25, -0.2) is 0 Å². The van der Waals surface area contributed by atoms with Crippen LogP contribution in [0, 0.1) is 0 Å². The number of carbonyl (C=O) groups is 2. The lowest BCUT2D eigenvalue weighted by atomic mass is 10.1. The number of carbonyl (C=O) groups excluding carboxylic acids is 2. The standard InChI is InChI=1S/C20H16N2O3S/c1-2-11-21-18(24)17(13-14-7-6-10-16(23)12-14)19(25)22(20(21)26)15-8-4-3-5-9-15/h2-10,12-13,23H,1,11H2. The number of rotatable bonds is 4. The highest BCUT2D eigenvalue weighted by molar-refractivity contribution is 7.80. The molecule has 1 fully saturated rings. The number of phenols is 1. The molecule has 0 aromatic heterocycles. The first kappa shape index (κ1) is 17.6. The van der Waals surface area contributed by atoms with E-state index in [1.54, 1.807) is 42.5 Å². The first-order chi connectivity index (χ1) is 12.5. The van der Waals surface area contributed by atoms with Crippen LogP contribution in [0.5, 0.6) is 5.75 Å². The van der Waals surface area contributed by atoms with Gasteiger partial charge in [-0.05, 0) is 48.1 Å². The summed E-state index contributed by atoms with van der Waals surface area (Å²) in [7, 11) is 0. The molecular weight excluding hydrogens is 348 g/mol. The third-order valence-electron chi connectivity index (χ3n) is 3.84. The van der Waals surface area contributed by atoms with Gasteiger partial charge in [0.25, 0.3) is 11.8 Å². The van der Waals surface area contributed by atoms with Gasteiger partial charge in [-0.2, -0.15) is 0 Å². The summed E-state index contributed by atoms with van der Waals surface area (Å²) < 4.78 is 0. The number of hydrogen-bond donors (Lipinski definition) is 1. The van der Waals surface area contributed by atoms with Crippen molar-refractivity contribution in [2.75, 3.05) is 11.4 Å². The average Bonchev–Trinajstić information content (AvgIpc) is 2.63. The highest BCUT2D eigenvalue weighted by Crippen LogP contribution is 2.26. The largest absolute Gasteiger partial charge is 0.508 e. The van der Waals surface area contributed by atoms with Crippen molar-refractivity contribution in [3.63, 3.8) is 0 Å². The second-order valence-corrected chi connectivity index (χ2v) is 5.98. The van der Waals surface area contributed by atoms with Crippen molar-refractivity contribution >= 4 is 40.9 Å². The van der Waals surface area contributed by atoms with Crippen molar-refractivity contribution in [3.05, 3.63) is 78.4 Å². The van der Waals surface area contributed by atoms with E-state index in [1.165, 1.54) is 28.0 Å². The van der Waals surface area contributed by atoms with Crippen LogP contribution in [0.15, 0.2) is 72.8 Å². The highest BCUT2D eigenvalue weighted by atomic mass is 32.1. The van der Waals surface area contributed by atoms with Gasteiger partial charge in [0.2, 0.25) is 0 Å². The third kappa shape index (κ3) is 3.27. The molecule has 0 bridgehead atoms. The van der Waals surface area contributed by atoms with E-state index in [-0.39, 0.29) is 23.0 Å². The van der Waals surface area contributed by atoms with Crippen LogP contribution in [0.1, 0.15) is 5.56 Å². The number of anilines is 1. The Morgan fingerprint density at radius 1 is 1.04 bits per heavy atom. The predicted octanol–water partition coefficient (Wildman–Crippen LogP) is 3.12. The van der Waals surface area contributed by atoms with Crippen LogP contribution in [-0.2, 0) is 9.59 Å². The first-order valence-corrected chi connectivity index (χ1v) is 8.30. The molecule has 0 saturated carbocycles. The fourth-order valence-corrected chi connectivity index (χ4v) is 3.00. The number of para-hydroxylation sites is 1. The number of benzene rings is 2. The lowest BCUT2D eigenvalue weighted by Crippen LogP contribution is -2.56. The summed E-state index contributed by atoms with van der Waals surface area (Å²) in [5.74, 6) is -0.946. The molecule has 6 heteroatoms. The highest BCUT2D eigenvalue weighted by Gasteiger charge is 2.39. The molecule has 0 radical (unpaired) electrons. The van der Waals surface area contributed by atoms with Crippen LogP contribution < -0.4 is 4.90 Å². The van der Waals surface area contributed by atoms with Crippen molar-refractivity contribution in [2.24, 2.45) is 0 Å². The van der Waals surface area contributed by atoms with Crippen LogP contribution >= 0.6 is 12.2 Å².